The number of hydrogen-bond donors (Lipinski definition) is 2. The van der Waals surface area contributed by atoms with Crippen molar-refractivity contribution in [2.24, 2.45) is 0 Å². The van der Waals surface area contributed by atoms with Gasteiger partial charge in [-0.05, 0) is 47.9 Å². The highest BCUT2D eigenvalue weighted by Gasteiger charge is 2.15. The number of rotatable bonds is 5. The third kappa shape index (κ3) is 4.36. The number of nitrogens with one attached hydrogen (secondary N) is 2. The number of hydrogen-bond acceptors (Lipinski definition) is 3. The minimum absolute atomic E-state index is 0.0869. The highest BCUT2D eigenvalue weighted by molar-refractivity contribution is 6.30. The Morgan fingerprint density at radius 2 is 1.65 bits per heavy atom. The Balaban J connectivity index is 1.44. The second kappa shape index (κ2) is 9.00. The Morgan fingerprint density at radius 1 is 0.971 bits per heavy atom. The van der Waals surface area contributed by atoms with Crippen molar-refractivity contribution in [3.8, 4) is 22.4 Å². The number of aromatic nitrogens is 3. The lowest BCUT2D eigenvalue weighted by atomic mass is 10.1. The van der Waals surface area contributed by atoms with Crippen LogP contribution < -0.4 is 10.9 Å². The molecular weight excluding hydrogens is 448 g/mol. The maximum absolute atomic E-state index is 12.8. The van der Waals surface area contributed by atoms with E-state index < -0.39 is 0 Å². The van der Waals surface area contributed by atoms with Gasteiger partial charge in [-0.25, -0.2) is 0 Å². The molecule has 0 aliphatic carbocycles. The fourth-order valence-electron chi connectivity index (χ4n) is 3.99. The van der Waals surface area contributed by atoms with Crippen LogP contribution in [0.4, 0.5) is 5.69 Å². The number of benzene rings is 3. The Bertz CT molecular complexity index is 1540. The van der Waals surface area contributed by atoms with Crippen molar-refractivity contribution >= 4 is 28.8 Å². The molecule has 5 rings (SSSR count). The molecule has 0 fully saturated rings. The molecule has 2 heterocycles. The quantitative estimate of drug-likeness (QED) is 0.357. The third-order valence-corrected chi connectivity index (χ3v) is 5.86. The highest BCUT2D eigenvalue weighted by Crippen LogP contribution is 2.29. The second-order valence-corrected chi connectivity index (χ2v) is 8.47. The van der Waals surface area contributed by atoms with Crippen molar-refractivity contribution in [1.82, 2.24) is 14.6 Å². The summed E-state index contributed by atoms with van der Waals surface area (Å²) in [5, 5.41) is 7.97. The first-order valence-corrected chi connectivity index (χ1v) is 11.2. The largest absolute Gasteiger partial charge is 0.339 e. The van der Waals surface area contributed by atoms with Crippen molar-refractivity contribution < 1.29 is 4.79 Å². The number of carbonyl (C=O) groups is 1. The average molecular weight is 469 g/mol. The van der Waals surface area contributed by atoms with Crippen LogP contribution in [0, 0.1) is 6.92 Å². The monoisotopic (exact) mass is 468 g/mol. The van der Waals surface area contributed by atoms with Crippen LogP contribution in [-0.2, 0) is 11.2 Å². The molecule has 1 amide bonds. The molecule has 0 spiro atoms. The van der Waals surface area contributed by atoms with Crippen LogP contribution in [0.3, 0.4) is 0 Å². The minimum atomic E-state index is -0.229. The van der Waals surface area contributed by atoms with E-state index in [0.29, 0.717) is 28.5 Å². The molecule has 0 aliphatic heterocycles. The summed E-state index contributed by atoms with van der Waals surface area (Å²) in [6, 6.07) is 25.9. The van der Waals surface area contributed by atoms with Crippen LogP contribution in [0.5, 0.6) is 0 Å². The molecule has 3 aromatic carbocycles. The molecule has 34 heavy (non-hydrogen) atoms. The number of carbonyl (C=O) groups excluding carboxylic acids is 1. The Morgan fingerprint density at radius 3 is 2.35 bits per heavy atom. The zero-order chi connectivity index (χ0) is 23.7. The molecule has 0 radical (unpaired) electrons. The van der Waals surface area contributed by atoms with Crippen molar-refractivity contribution in [3.63, 3.8) is 0 Å². The summed E-state index contributed by atoms with van der Waals surface area (Å²) in [7, 11) is 0. The molecule has 168 valence electrons. The number of halogens is 1. The van der Waals surface area contributed by atoms with Gasteiger partial charge in [-0.1, -0.05) is 66.2 Å². The molecule has 6 nitrogen and oxygen atoms in total. The molecule has 0 bridgehead atoms. The second-order valence-electron chi connectivity index (χ2n) is 8.04. The van der Waals surface area contributed by atoms with Crippen LogP contribution in [-0.4, -0.2) is 20.5 Å². The number of nitrogens with zero attached hydrogens (tertiary/aromatic N) is 2. The van der Waals surface area contributed by atoms with Crippen molar-refractivity contribution in [1.29, 1.82) is 0 Å². The van der Waals surface area contributed by atoms with E-state index >= 15 is 0 Å². The SMILES string of the molecule is Cc1nn2c(=O)cc(-c3ccc(NC(=O)Cc4ccccc4)cc3)[nH]c2c1-c1ccc(Cl)cc1. The van der Waals surface area contributed by atoms with Gasteiger partial charge in [-0.15, -0.1) is 0 Å². The van der Waals surface area contributed by atoms with Crippen LogP contribution >= 0.6 is 11.6 Å². The van der Waals surface area contributed by atoms with E-state index in [0.717, 1.165) is 27.9 Å². The van der Waals surface area contributed by atoms with Crippen LogP contribution in [0.15, 0.2) is 89.7 Å². The highest BCUT2D eigenvalue weighted by atomic mass is 35.5. The summed E-state index contributed by atoms with van der Waals surface area (Å²) >= 11 is 6.04. The van der Waals surface area contributed by atoms with E-state index in [1.165, 1.54) is 10.6 Å². The first-order valence-electron chi connectivity index (χ1n) is 10.8. The van der Waals surface area contributed by atoms with E-state index in [4.69, 9.17) is 11.6 Å². The van der Waals surface area contributed by atoms with Crippen molar-refractivity contribution in [2.45, 2.75) is 13.3 Å². The Labute approximate surface area is 200 Å². The molecule has 0 aliphatic rings. The van der Waals surface area contributed by atoms with E-state index in [-0.39, 0.29) is 11.5 Å². The lowest BCUT2D eigenvalue weighted by Gasteiger charge is -2.08. The van der Waals surface area contributed by atoms with Gasteiger partial charge < -0.3 is 10.3 Å². The van der Waals surface area contributed by atoms with Gasteiger partial charge in [0.1, 0.15) is 5.65 Å². The molecule has 0 unspecified atom stereocenters. The number of amides is 1. The number of H-pyrrole nitrogens is 1. The lowest BCUT2D eigenvalue weighted by Crippen LogP contribution is -2.15. The van der Waals surface area contributed by atoms with Gasteiger partial charge in [0.15, 0.2) is 0 Å². The van der Waals surface area contributed by atoms with Gasteiger partial charge in [-0.2, -0.15) is 9.61 Å². The number of fused-ring (bicyclic) bond motifs is 1. The van der Waals surface area contributed by atoms with Gasteiger partial charge >= 0.3 is 0 Å². The zero-order valence-corrected chi connectivity index (χ0v) is 19.1. The van der Waals surface area contributed by atoms with Gasteiger partial charge in [0.2, 0.25) is 5.91 Å². The maximum Gasteiger partial charge on any atom is 0.274 e. The molecule has 0 saturated carbocycles. The van der Waals surface area contributed by atoms with Gasteiger partial charge in [0, 0.05) is 22.3 Å². The lowest BCUT2D eigenvalue weighted by molar-refractivity contribution is -0.115. The van der Waals surface area contributed by atoms with Gasteiger partial charge in [-0.3, -0.25) is 9.59 Å². The third-order valence-electron chi connectivity index (χ3n) is 5.61. The molecule has 7 heteroatoms. The summed E-state index contributed by atoms with van der Waals surface area (Å²) < 4.78 is 1.38. The first kappa shape index (κ1) is 21.7. The summed E-state index contributed by atoms with van der Waals surface area (Å²) in [4.78, 5) is 28.5. The van der Waals surface area contributed by atoms with Crippen molar-refractivity contribution in [2.75, 3.05) is 5.32 Å². The summed E-state index contributed by atoms with van der Waals surface area (Å²) in [5.41, 5.74) is 6.02. The van der Waals surface area contributed by atoms with Crippen LogP contribution in [0.2, 0.25) is 5.02 Å². The first-order chi connectivity index (χ1) is 16.5. The normalized spacial score (nSPS) is 11.0. The standard InChI is InChI=1S/C27H21ClN4O2/c1-17-26(20-7-11-21(28)12-8-20)27-30-23(16-25(34)32(27)31-17)19-9-13-22(14-10-19)29-24(33)15-18-5-3-2-4-6-18/h2-14,16,30H,15H2,1H3,(H,29,33). The zero-order valence-electron chi connectivity index (χ0n) is 18.4. The maximum atomic E-state index is 12.8. The van der Waals surface area contributed by atoms with Gasteiger partial charge in [0.25, 0.3) is 5.56 Å². The van der Waals surface area contributed by atoms with Crippen molar-refractivity contribution in [3.05, 3.63) is 112 Å². The van der Waals surface area contributed by atoms with E-state index in [9.17, 15) is 9.59 Å². The number of aryl methyl sites for hydroxylation is 1. The topological polar surface area (TPSA) is 79.3 Å². The molecule has 5 aromatic rings. The fraction of sp³-hybridized carbons (Fsp3) is 0.0741. The predicted octanol–water partition coefficient (Wildman–Crippen LogP) is 5.50. The number of anilines is 1. The minimum Gasteiger partial charge on any atom is -0.339 e. The summed E-state index contributed by atoms with van der Waals surface area (Å²) in [5.74, 6) is -0.0869. The van der Waals surface area contributed by atoms with E-state index in [2.05, 4.69) is 15.4 Å². The Hall–Kier alpha value is -4.16. The molecule has 2 N–H and O–H groups in total. The Kier molecular flexibility index (Phi) is 5.74. The summed E-state index contributed by atoms with van der Waals surface area (Å²) in [6.07, 6.45) is 0.306. The average Bonchev–Trinajstić information content (AvgIpc) is 3.17. The van der Waals surface area contributed by atoms with E-state index in [1.807, 2.05) is 85.8 Å². The molecule has 2 aromatic heterocycles. The number of aromatic amines is 1. The molecule has 0 saturated heterocycles. The fourth-order valence-corrected chi connectivity index (χ4v) is 4.11. The van der Waals surface area contributed by atoms with Crippen LogP contribution in [0.25, 0.3) is 28.0 Å². The van der Waals surface area contributed by atoms with E-state index in [1.54, 1.807) is 0 Å². The van der Waals surface area contributed by atoms with Gasteiger partial charge in [0.05, 0.1) is 17.8 Å². The predicted molar refractivity (Wildman–Crippen MR) is 135 cm³/mol. The van der Waals surface area contributed by atoms with Crippen LogP contribution in [0.1, 0.15) is 11.3 Å². The molecular formula is C27H21ClN4O2. The smallest absolute Gasteiger partial charge is 0.274 e. The molecule has 0 atom stereocenters. The summed E-state index contributed by atoms with van der Waals surface area (Å²) in [6.45, 7) is 1.87.